The van der Waals surface area contributed by atoms with Gasteiger partial charge in [0.25, 0.3) is 5.56 Å². The van der Waals surface area contributed by atoms with Crippen LogP contribution in [0.3, 0.4) is 0 Å². The van der Waals surface area contributed by atoms with E-state index in [1.54, 1.807) is 18.2 Å². The third kappa shape index (κ3) is 5.36. The SMILES string of the molecule is C#CCOc1c(C=Nn2c(-c3cccc(C(F)(F)F)c3)nc3ccccc3c2=O)cc(Br)cc1[N+](=O)[O-]. The van der Waals surface area contributed by atoms with Crippen LogP contribution in [0.15, 0.2) is 75.0 Å². The molecule has 3 aromatic carbocycles. The highest BCUT2D eigenvalue weighted by Gasteiger charge is 2.31. The third-order valence-corrected chi connectivity index (χ3v) is 5.53. The van der Waals surface area contributed by atoms with Crippen LogP contribution in [0.5, 0.6) is 5.75 Å². The molecule has 0 aliphatic rings. The number of halogens is 4. The van der Waals surface area contributed by atoms with E-state index in [0.29, 0.717) is 4.47 Å². The quantitative estimate of drug-likeness (QED) is 0.129. The van der Waals surface area contributed by atoms with E-state index < -0.39 is 27.9 Å². The number of para-hydroxylation sites is 1. The number of fused-ring (bicyclic) bond motifs is 1. The summed E-state index contributed by atoms with van der Waals surface area (Å²) >= 11 is 3.19. The molecule has 0 spiro atoms. The molecule has 0 saturated carbocycles. The Bertz CT molecular complexity index is 1660. The van der Waals surface area contributed by atoms with E-state index in [1.165, 1.54) is 30.3 Å². The molecule has 0 unspecified atom stereocenters. The number of nitrogens with zero attached hydrogens (tertiary/aromatic N) is 4. The van der Waals surface area contributed by atoms with Crippen LogP contribution in [0, 0.1) is 22.5 Å². The van der Waals surface area contributed by atoms with Gasteiger partial charge < -0.3 is 4.74 Å². The lowest BCUT2D eigenvalue weighted by atomic mass is 10.1. The van der Waals surface area contributed by atoms with Crippen molar-refractivity contribution in [3.05, 3.63) is 96.7 Å². The number of rotatable bonds is 6. The second-order valence-corrected chi connectivity index (χ2v) is 8.40. The fourth-order valence-corrected chi connectivity index (χ4v) is 3.94. The first-order valence-corrected chi connectivity index (χ1v) is 11.2. The number of nitro benzene ring substituents is 1. The zero-order valence-corrected chi connectivity index (χ0v) is 20.2. The molecule has 0 bridgehead atoms. The number of nitro groups is 1. The van der Waals surface area contributed by atoms with Gasteiger partial charge in [-0.25, -0.2) is 4.98 Å². The van der Waals surface area contributed by atoms with Crippen LogP contribution >= 0.6 is 15.9 Å². The van der Waals surface area contributed by atoms with Gasteiger partial charge in [0.1, 0.15) is 6.61 Å². The fourth-order valence-electron chi connectivity index (χ4n) is 3.47. The van der Waals surface area contributed by atoms with E-state index in [9.17, 15) is 28.1 Å². The predicted octanol–water partition coefficient (Wildman–Crippen LogP) is 5.65. The minimum atomic E-state index is -4.63. The molecular weight excluding hydrogens is 557 g/mol. The summed E-state index contributed by atoms with van der Waals surface area (Å²) in [4.78, 5) is 28.6. The number of hydrogen-bond donors (Lipinski definition) is 0. The van der Waals surface area contributed by atoms with E-state index in [1.807, 2.05) is 0 Å². The van der Waals surface area contributed by atoms with Crippen molar-refractivity contribution in [3.63, 3.8) is 0 Å². The van der Waals surface area contributed by atoms with Crippen LogP contribution in [-0.2, 0) is 6.18 Å². The molecule has 1 aromatic heterocycles. The topological polar surface area (TPSA) is 99.6 Å². The number of alkyl halides is 3. The first-order valence-electron chi connectivity index (χ1n) is 10.4. The summed E-state index contributed by atoms with van der Waals surface area (Å²) in [5.41, 5.74) is -1.68. The molecule has 0 aliphatic carbocycles. The molecule has 4 rings (SSSR count). The number of benzene rings is 3. The van der Waals surface area contributed by atoms with E-state index in [-0.39, 0.29) is 40.2 Å². The number of terminal acetylenes is 1. The lowest BCUT2D eigenvalue weighted by molar-refractivity contribution is -0.385. The van der Waals surface area contributed by atoms with Gasteiger partial charge in [0, 0.05) is 21.7 Å². The highest BCUT2D eigenvalue weighted by molar-refractivity contribution is 9.10. The van der Waals surface area contributed by atoms with E-state index in [0.717, 1.165) is 23.0 Å². The van der Waals surface area contributed by atoms with Crippen molar-refractivity contribution in [2.45, 2.75) is 6.18 Å². The number of aromatic nitrogens is 2. The Balaban J connectivity index is 1.96. The molecule has 0 N–H and O–H groups in total. The Morgan fingerprint density at radius 2 is 1.95 bits per heavy atom. The molecule has 0 aliphatic heterocycles. The van der Waals surface area contributed by atoms with Crippen molar-refractivity contribution in [1.29, 1.82) is 0 Å². The summed E-state index contributed by atoms with van der Waals surface area (Å²) in [7, 11) is 0. The maximum Gasteiger partial charge on any atom is 0.416 e. The average molecular weight is 571 g/mol. The Morgan fingerprint density at radius 1 is 1.19 bits per heavy atom. The van der Waals surface area contributed by atoms with E-state index in [4.69, 9.17) is 11.2 Å². The van der Waals surface area contributed by atoms with Crippen LogP contribution in [-0.4, -0.2) is 27.4 Å². The van der Waals surface area contributed by atoms with Crippen LogP contribution < -0.4 is 10.3 Å². The third-order valence-electron chi connectivity index (χ3n) is 5.07. The second kappa shape index (κ2) is 10.2. The van der Waals surface area contributed by atoms with Crippen molar-refractivity contribution < 1.29 is 22.8 Å². The number of hydrogen-bond acceptors (Lipinski definition) is 6. The lowest BCUT2D eigenvalue weighted by Crippen LogP contribution is -2.20. The Kier molecular flexibility index (Phi) is 7.08. The van der Waals surface area contributed by atoms with Gasteiger partial charge in [-0.1, -0.05) is 46.1 Å². The average Bonchev–Trinajstić information content (AvgIpc) is 2.86. The maximum atomic E-state index is 13.4. The molecule has 0 amide bonds. The smallest absolute Gasteiger partial charge is 0.416 e. The summed E-state index contributed by atoms with van der Waals surface area (Å²) in [5, 5.41) is 15.9. The summed E-state index contributed by atoms with van der Waals surface area (Å²) in [6.07, 6.45) is 1.71. The molecule has 1 heterocycles. The van der Waals surface area contributed by atoms with Crippen molar-refractivity contribution in [3.8, 4) is 29.5 Å². The zero-order chi connectivity index (χ0) is 26.7. The molecule has 8 nitrogen and oxygen atoms in total. The van der Waals surface area contributed by atoms with Gasteiger partial charge in [-0.15, -0.1) is 6.42 Å². The Hall–Kier alpha value is -4.50. The fraction of sp³-hybridized carbons (Fsp3) is 0.0800. The maximum absolute atomic E-state index is 13.4. The van der Waals surface area contributed by atoms with Crippen LogP contribution in [0.4, 0.5) is 18.9 Å². The van der Waals surface area contributed by atoms with Gasteiger partial charge >= 0.3 is 11.9 Å². The van der Waals surface area contributed by atoms with Crippen molar-refractivity contribution in [1.82, 2.24) is 9.66 Å². The highest BCUT2D eigenvalue weighted by atomic mass is 79.9. The normalized spacial score (nSPS) is 11.5. The van der Waals surface area contributed by atoms with Crippen LogP contribution in [0.25, 0.3) is 22.3 Å². The second-order valence-electron chi connectivity index (χ2n) is 7.49. The van der Waals surface area contributed by atoms with Crippen molar-refractivity contribution >= 4 is 38.7 Å². The van der Waals surface area contributed by atoms with E-state index >= 15 is 0 Å². The molecule has 186 valence electrons. The summed E-state index contributed by atoms with van der Waals surface area (Å²) in [5.74, 6) is 1.86. The number of ether oxygens (including phenoxy) is 1. The monoisotopic (exact) mass is 570 g/mol. The summed E-state index contributed by atoms with van der Waals surface area (Å²) < 4.78 is 46.6. The van der Waals surface area contributed by atoms with Crippen LogP contribution in [0.1, 0.15) is 11.1 Å². The minimum Gasteiger partial charge on any atom is -0.473 e. The Morgan fingerprint density at radius 3 is 2.65 bits per heavy atom. The van der Waals surface area contributed by atoms with Crippen molar-refractivity contribution in [2.24, 2.45) is 5.10 Å². The summed E-state index contributed by atoms with van der Waals surface area (Å²) in [6.45, 7) is -0.281. The van der Waals surface area contributed by atoms with E-state index in [2.05, 4.69) is 31.9 Å². The molecule has 0 atom stereocenters. The lowest BCUT2D eigenvalue weighted by Gasteiger charge is -2.12. The standard InChI is InChI=1S/C25H14BrF3N4O4/c1-2-10-37-22-16(12-18(26)13-21(22)33(35)36)14-30-32-23(15-6-5-7-17(11-15)25(27,28)29)31-20-9-4-3-8-19(20)24(32)34/h1,3-9,11-14H,10H2. The highest BCUT2D eigenvalue weighted by Crippen LogP contribution is 2.34. The van der Waals surface area contributed by atoms with Gasteiger partial charge in [0.2, 0.25) is 5.75 Å². The summed E-state index contributed by atoms with van der Waals surface area (Å²) in [6, 6.07) is 13.2. The first kappa shape index (κ1) is 25.6. The molecule has 0 saturated heterocycles. The largest absolute Gasteiger partial charge is 0.473 e. The Labute approximate surface area is 215 Å². The van der Waals surface area contributed by atoms with Gasteiger partial charge in [-0.2, -0.15) is 22.9 Å². The van der Waals surface area contributed by atoms with Crippen molar-refractivity contribution in [2.75, 3.05) is 6.61 Å². The molecule has 0 radical (unpaired) electrons. The molecule has 12 heteroatoms. The van der Waals surface area contributed by atoms with Gasteiger partial charge in [-0.05, 0) is 30.3 Å². The first-order chi connectivity index (χ1) is 17.6. The molecule has 0 fully saturated rings. The van der Waals surface area contributed by atoms with Gasteiger partial charge in [0.15, 0.2) is 5.82 Å². The molecule has 37 heavy (non-hydrogen) atoms. The predicted molar refractivity (Wildman–Crippen MR) is 135 cm³/mol. The minimum absolute atomic E-state index is 0.0149. The molecule has 4 aromatic rings. The van der Waals surface area contributed by atoms with Gasteiger partial charge in [-0.3, -0.25) is 14.9 Å². The zero-order valence-electron chi connectivity index (χ0n) is 18.6. The van der Waals surface area contributed by atoms with Crippen LogP contribution in [0.2, 0.25) is 0 Å². The van der Waals surface area contributed by atoms with Gasteiger partial charge in [0.05, 0.1) is 27.6 Å². The molecular formula is C25H14BrF3N4O4.